The molecule has 5 heteroatoms. The number of fused-ring (bicyclic) bond motifs is 1. The first-order valence-corrected chi connectivity index (χ1v) is 10.7. The molecule has 0 amide bonds. The minimum Gasteiger partial charge on any atom is -0.356 e. The smallest absolute Gasteiger partial charge is 0.141 e. The van der Waals surface area contributed by atoms with Crippen molar-refractivity contribution in [1.82, 2.24) is 9.97 Å². The molecule has 1 fully saturated rings. The zero-order valence-corrected chi connectivity index (χ0v) is 16.9. The van der Waals surface area contributed by atoms with Crippen molar-refractivity contribution in [2.24, 2.45) is 0 Å². The van der Waals surface area contributed by atoms with E-state index in [0.29, 0.717) is 0 Å². The number of benzene rings is 1. The zero-order chi connectivity index (χ0) is 17.2. The van der Waals surface area contributed by atoms with Crippen LogP contribution < -0.4 is 4.90 Å². The van der Waals surface area contributed by atoms with Gasteiger partial charge in [-0.2, -0.15) is 0 Å². The summed E-state index contributed by atoms with van der Waals surface area (Å²) in [6, 6.07) is 8.63. The Bertz CT molecular complexity index is 865. The van der Waals surface area contributed by atoms with Gasteiger partial charge in [0.15, 0.2) is 0 Å². The van der Waals surface area contributed by atoms with Gasteiger partial charge in [0.05, 0.1) is 5.39 Å². The molecule has 3 heterocycles. The highest BCUT2D eigenvalue weighted by molar-refractivity contribution is 9.10. The highest BCUT2D eigenvalue weighted by Crippen LogP contribution is 2.42. The Morgan fingerprint density at radius 1 is 1.04 bits per heavy atom. The maximum atomic E-state index is 4.74. The van der Waals surface area contributed by atoms with Crippen molar-refractivity contribution in [3.63, 3.8) is 0 Å². The summed E-state index contributed by atoms with van der Waals surface area (Å²) in [6.07, 6.45) is 7.92. The fourth-order valence-electron chi connectivity index (χ4n) is 3.66. The molecule has 3 aromatic rings. The van der Waals surface area contributed by atoms with E-state index in [0.717, 1.165) is 34.6 Å². The lowest BCUT2D eigenvalue weighted by Gasteiger charge is -2.22. The molecule has 0 unspecified atom stereocenters. The Morgan fingerprint density at radius 2 is 1.76 bits per heavy atom. The fourth-order valence-corrected chi connectivity index (χ4v) is 5.02. The average Bonchev–Trinajstić information content (AvgIpc) is 2.81. The van der Waals surface area contributed by atoms with Crippen LogP contribution in [0, 0.1) is 0 Å². The summed E-state index contributed by atoms with van der Waals surface area (Å²) in [5.74, 6) is 1.13. The number of thiophene rings is 1. The number of aromatic nitrogens is 2. The summed E-state index contributed by atoms with van der Waals surface area (Å²) >= 11 is 5.37. The van der Waals surface area contributed by atoms with Crippen LogP contribution in [0.1, 0.15) is 37.5 Å². The van der Waals surface area contributed by atoms with Gasteiger partial charge >= 0.3 is 0 Å². The van der Waals surface area contributed by atoms with Crippen molar-refractivity contribution >= 4 is 43.3 Å². The van der Waals surface area contributed by atoms with Gasteiger partial charge in [-0.25, -0.2) is 9.97 Å². The standard InChI is InChI=1S/C20H22BrN3S/c1-2-16-17(14-7-9-15(21)10-8-14)18-19(22-13-23-20(18)25-16)24-11-5-3-4-6-12-24/h7-10,13H,2-6,11-12H2,1H3. The molecule has 0 saturated carbocycles. The van der Waals surface area contributed by atoms with E-state index in [1.165, 1.54) is 47.1 Å². The Balaban J connectivity index is 1.92. The van der Waals surface area contributed by atoms with E-state index in [1.807, 2.05) is 11.3 Å². The van der Waals surface area contributed by atoms with Gasteiger partial charge in [-0.3, -0.25) is 0 Å². The normalized spacial score (nSPS) is 15.5. The number of hydrogen-bond acceptors (Lipinski definition) is 4. The number of aryl methyl sites for hydroxylation is 1. The molecule has 0 atom stereocenters. The van der Waals surface area contributed by atoms with E-state index >= 15 is 0 Å². The summed E-state index contributed by atoms with van der Waals surface area (Å²) < 4.78 is 1.11. The largest absolute Gasteiger partial charge is 0.356 e. The zero-order valence-electron chi connectivity index (χ0n) is 14.5. The molecule has 3 nitrogen and oxygen atoms in total. The van der Waals surface area contributed by atoms with Gasteiger partial charge in [0, 0.05) is 28.0 Å². The minimum absolute atomic E-state index is 1.02. The average molecular weight is 416 g/mol. The number of halogens is 1. The predicted molar refractivity (Wildman–Crippen MR) is 111 cm³/mol. The van der Waals surface area contributed by atoms with E-state index in [-0.39, 0.29) is 0 Å². The molecule has 0 aliphatic carbocycles. The van der Waals surface area contributed by atoms with Crippen LogP contribution in [-0.2, 0) is 6.42 Å². The lowest BCUT2D eigenvalue weighted by molar-refractivity contribution is 0.726. The van der Waals surface area contributed by atoms with Gasteiger partial charge in [0.2, 0.25) is 0 Å². The molecule has 25 heavy (non-hydrogen) atoms. The lowest BCUT2D eigenvalue weighted by atomic mass is 10.0. The van der Waals surface area contributed by atoms with Crippen LogP contribution in [-0.4, -0.2) is 23.1 Å². The molecule has 1 saturated heterocycles. The minimum atomic E-state index is 1.02. The maximum absolute atomic E-state index is 4.74. The van der Waals surface area contributed by atoms with Crippen molar-refractivity contribution < 1.29 is 0 Å². The van der Waals surface area contributed by atoms with Gasteiger partial charge in [-0.05, 0) is 37.0 Å². The van der Waals surface area contributed by atoms with Gasteiger partial charge in [-0.15, -0.1) is 11.3 Å². The van der Waals surface area contributed by atoms with Crippen LogP contribution in [0.2, 0.25) is 0 Å². The van der Waals surface area contributed by atoms with Gasteiger partial charge in [0.1, 0.15) is 17.0 Å². The van der Waals surface area contributed by atoms with Crippen molar-refractivity contribution in [2.75, 3.05) is 18.0 Å². The number of nitrogens with zero attached hydrogens (tertiary/aromatic N) is 3. The molecule has 130 valence electrons. The van der Waals surface area contributed by atoms with E-state index in [4.69, 9.17) is 4.98 Å². The summed E-state index contributed by atoms with van der Waals surface area (Å²) in [5.41, 5.74) is 2.59. The van der Waals surface area contributed by atoms with Crippen molar-refractivity contribution in [2.45, 2.75) is 39.0 Å². The molecule has 0 N–H and O–H groups in total. The summed E-state index contributed by atoms with van der Waals surface area (Å²) in [5, 5.41) is 1.24. The van der Waals surface area contributed by atoms with Gasteiger partial charge < -0.3 is 4.90 Å². The maximum Gasteiger partial charge on any atom is 0.141 e. The second-order valence-electron chi connectivity index (χ2n) is 6.54. The number of anilines is 1. The monoisotopic (exact) mass is 415 g/mol. The summed E-state index contributed by atoms with van der Waals surface area (Å²) in [7, 11) is 0. The van der Waals surface area contributed by atoms with Crippen LogP contribution in [0.3, 0.4) is 0 Å². The lowest BCUT2D eigenvalue weighted by Crippen LogP contribution is -2.25. The fraction of sp³-hybridized carbons (Fsp3) is 0.400. The van der Waals surface area contributed by atoms with Gasteiger partial charge in [0.25, 0.3) is 0 Å². The first-order chi connectivity index (χ1) is 12.3. The highest BCUT2D eigenvalue weighted by Gasteiger charge is 2.21. The van der Waals surface area contributed by atoms with Crippen molar-refractivity contribution in [3.8, 4) is 11.1 Å². The third-order valence-electron chi connectivity index (χ3n) is 4.90. The SMILES string of the molecule is CCc1sc2ncnc(N3CCCCCC3)c2c1-c1ccc(Br)cc1. The van der Waals surface area contributed by atoms with Crippen LogP contribution in [0.5, 0.6) is 0 Å². The Hall–Kier alpha value is -1.46. The molecule has 0 radical (unpaired) electrons. The Labute approximate surface area is 161 Å². The Kier molecular flexibility index (Phi) is 5.04. The number of hydrogen-bond donors (Lipinski definition) is 0. The molecular weight excluding hydrogens is 394 g/mol. The Morgan fingerprint density at radius 3 is 2.44 bits per heavy atom. The molecule has 4 rings (SSSR count). The number of rotatable bonds is 3. The van der Waals surface area contributed by atoms with E-state index < -0.39 is 0 Å². The van der Waals surface area contributed by atoms with Crippen LogP contribution in [0.4, 0.5) is 5.82 Å². The van der Waals surface area contributed by atoms with E-state index in [9.17, 15) is 0 Å². The van der Waals surface area contributed by atoms with Crippen molar-refractivity contribution in [1.29, 1.82) is 0 Å². The van der Waals surface area contributed by atoms with Crippen LogP contribution in [0.15, 0.2) is 35.1 Å². The molecule has 1 aromatic carbocycles. The predicted octanol–water partition coefficient (Wildman–Crippen LogP) is 6.06. The molecule has 2 aromatic heterocycles. The van der Waals surface area contributed by atoms with Crippen molar-refractivity contribution in [3.05, 3.63) is 39.9 Å². The topological polar surface area (TPSA) is 29.0 Å². The highest BCUT2D eigenvalue weighted by atomic mass is 79.9. The van der Waals surface area contributed by atoms with Crippen LogP contribution in [0.25, 0.3) is 21.3 Å². The van der Waals surface area contributed by atoms with E-state index in [2.05, 4.69) is 57.0 Å². The third-order valence-corrected chi connectivity index (χ3v) is 6.67. The molecule has 0 spiro atoms. The molecule has 1 aliphatic rings. The van der Waals surface area contributed by atoms with Gasteiger partial charge in [-0.1, -0.05) is 47.8 Å². The summed E-state index contributed by atoms with van der Waals surface area (Å²) in [4.78, 5) is 14.3. The third kappa shape index (κ3) is 3.32. The second-order valence-corrected chi connectivity index (χ2v) is 8.54. The molecule has 0 bridgehead atoms. The second kappa shape index (κ2) is 7.42. The quantitative estimate of drug-likeness (QED) is 0.519. The van der Waals surface area contributed by atoms with E-state index in [1.54, 1.807) is 6.33 Å². The first kappa shape index (κ1) is 17.0. The molecular formula is C20H22BrN3S. The molecule has 1 aliphatic heterocycles. The first-order valence-electron chi connectivity index (χ1n) is 9.05. The van der Waals surface area contributed by atoms with Crippen LogP contribution >= 0.6 is 27.3 Å². The summed E-state index contributed by atoms with van der Waals surface area (Å²) in [6.45, 7) is 4.43.